The standard InChI is InChI=1S/C19H27NO5/c1-14-17(5-8-23-14)18(21)20-12-19(13-20)10-16(4-9-25-19)24-11-15-2-6-22-7-3-15/h5,8,15-16H,2-4,6-7,9-13H2,1H3/t16-/m0/s1. The third-order valence-electron chi connectivity index (χ3n) is 5.69. The molecule has 0 N–H and O–H groups in total. The van der Waals surface area contributed by atoms with Gasteiger partial charge in [-0.1, -0.05) is 0 Å². The van der Waals surface area contributed by atoms with E-state index in [1.165, 1.54) is 0 Å². The van der Waals surface area contributed by atoms with Crippen molar-refractivity contribution in [2.24, 2.45) is 5.92 Å². The van der Waals surface area contributed by atoms with Gasteiger partial charge in [0.1, 0.15) is 11.4 Å². The minimum atomic E-state index is -0.216. The first-order valence-corrected chi connectivity index (χ1v) is 9.32. The highest BCUT2D eigenvalue weighted by Gasteiger charge is 2.50. The highest BCUT2D eigenvalue weighted by molar-refractivity contribution is 5.95. The molecule has 1 spiro atoms. The number of ether oxygens (including phenoxy) is 3. The summed E-state index contributed by atoms with van der Waals surface area (Å²) in [5.41, 5.74) is 0.435. The largest absolute Gasteiger partial charge is 0.469 e. The Morgan fingerprint density at radius 3 is 2.80 bits per heavy atom. The number of amides is 1. The molecule has 1 amide bonds. The van der Waals surface area contributed by atoms with Crippen molar-refractivity contribution in [1.82, 2.24) is 4.90 Å². The van der Waals surface area contributed by atoms with Gasteiger partial charge in [0, 0.05) is 32.8 Å². The first-order valence-electron chi connectivity index (χ1n) is 9.32. The number of furan rings is 1. The predicted octanol–water partition coefficient (Wildman–Crippen LogP) is 2.40. The van der Waals surface area contributed by atoms with Crippen molar-refractivity contribution in [3.63, 3.8) is 0 Å². The van der Waals surface area contributed by atoms with Crippen LogP contribution in [0.3, 0.4) is 0 Å². The Labute approximate surface area is 148 Å². The second kappa shape index (κ2) is 7.09. The number of rotatable bonds is 4. The number of aryl methyl sites for hydroxylation is 1. The van der Waals surface area contributed by atoms with Crippen LogP contribution < -0.4 is 0 Å². The second-order valence-electron chi connectivity index (χ2n) is 7.59. The molecule has 3 fully saturated rings. The van der Waals surface area contributed by atoms with Crippen LogP contribution in [0.5, 0.6) is 0 Å². The summed E-state index contributed by atoms with van der Waals surface area (Å²) in [6.07, 6.45) is 5.82. The van der Waals surface area contributed by atoms with Gasteiger partial charge >= 0.3 is 0 Å². The van der Waals surface area contributed by atoms with Gasteiger partial charge in [-0.25, -0.2) is 0 Å². The van der Waals surface area contributed by atoms with Gasteiger partial charge in [0.2, 0.25) is 0 Å². The van der Waals surface area contributed by atoms with Crippen molar-refractivity contribution in [3.05, 3.63) is 23.7 Å². The van der Waals surface area contributed by atoms with Crippen LogP contribution in [0.1, 0.15) is 41.8 Å². The van der Waals surface area contributed by atoms with Crippen LogP contribution in [0.2, 0.25) is 0 Å². The van der Waals surface area contributed by atoms with Crippen molar-refractivity contribution >= 4 is 5.91 Å². The Kier molecular flexibility index (Phi) is 4.84. The average Bonchev–Trinajstić information content (AvgIpc) is 3.04. The Balaban J connectivity index is 1.27. The molecule has 4 rings (SSSR count). The minimum Gasteiger partial charge on any atom is -0.469 e. The van der Waals surface area contributed by atoms with Crippen LogP contribution in [0.15, 0.2) is 16.7 Å². The van der Waals surface area contributed by atoms with Gasteiger partial charge in [-0.05, 0) is 38.2 Å². The van der Waals surface area contributed by atoms with Gasteiger partial charge in [0.25, 0.3) is 5.91 Å². The van der Waals surface area contributed by atoms with Crippen molar-refractivity contribution in [2.75, 3.05) is 39.5 Å². The van der Waals surface area contributed by atoms with Crippen LogP contribution in [0.4, 0.5) is 0 Å². The molecule has 6 nitrogen and oxygen atoms in total. The van der Waals surface area contributed by atoms with E-state index in [0.29, 0.717) is 36.9 Å². The summed E-state index contributed by atoms with van der Waals surface area (Å²) in [5, 5.41) is 0. The average molecular weight is 349 g/mol. The highest BCUT2D eigenvalue weighted by Crippen LogP contribution is 2.36. The fourth-order valence-corrected chi connectivity index (χ4v) is 4.10. The molecule has 1 aromatic rings. The predicted molar refractivity (Wildman–Crippen MR) is 90.5 cm³/mol. The van der Waals surface area contributed by atoms with E-state index in [4.69, 9.17) is 18.6 Å². The van der Waals surface area contributed by atoms with E-state index in [9.17, 15) is 4.79 Å². The van der Waals surface area contributed by atoms with Crippen LogP contribution >= 0.6 is 0 Å². The molecular formula is C19H27NO5. The van der Waals surface area contributed by atoms with Crippen LogP contribution in [0, 0.1) is 12.8 Å². The zero-order chi connectivity index (χ0) is 17.3. The third kappa shape index (κ3) is 3.61. The van der Waals surface area contributed by atoms with Gasteiger partial charge in [-0.2, -0.15) is 0 Å². The van der Waals surface area contributed by atoms with Crippen molar-refractivity contribution in [2.45, 2.75) is 44.3 Å². The zero-order valence-corrected chi connectivity index (χ0v) is 14.9. The van der Waals surface area contributed by atoms with E-state index in [-0.39, 0.29) is 17.6 Å². The molecule has 0 saturated carbocycles. The number of hydrogen-bond donors (Lipinski definition) is 0. The van der Waals surface area contributed by atoms with Crippen LogP contribution in [0.25, 0.3) is 0 Å². The molecule has 1 atom stereocenters. The summed E-state index contributed by atoms with van der Waals surface area (Å²) in [4.78, 5) is 14.4. The molecule has 3 aliphatic rings. The molecule has 0 radical (unpaired) electrons. The maximum atomic E-state index is 12.5. The van der Waals surface area contributed by atoms with E-state index in [0.717, 1.165) is 45.5 Å². The summed E-state index contributed by atoms with van der Waals surface area (Å²) in [7, 11) is 0. The summed E-state index contributed by atoms with van der Waals surface area (Å²) in [5.74, 6) is 1.33. The monoisotopic (exact) mass is 349 g/mol. The summed E-state index contributed by atoms with van der Waals surface area (Å²) >= 11 is 0. The minimum absolute atomic E-state index is 0.0331. The molecule has 3 aliphatic heterocycles. The summed E-state index contributed by atoms with van der Waals surface area (Å²) in [6.45, 7) is 6.36. The number of carbonyl (C=O) groups is 1. The molecule has 0 unspecified atom stereocenters. The number of nitrogens with zero attached hydrogens (tertiary/aromatic N) is 1. The smallest absolute Gasteiger partial charge is 0.257 e. The number of hydrogen-bond acceptors (Lipinski definition) is 5. The number of carbonyl (C=O) groups excluding carboxylic acids is 1. The van der Waals surface area contributed by atoms with Crippen molar-refractivity contribution in [1.29, 1.82) is 0 Å². The summed E-state index contributed by atoms with van der Waals surface area (Å²) < 4.78 is 22.9. The zero-order valence-electron chi connectivity index (χ0n) is 14.9. The van der Waals surface area contributed by atoms with E-state index in [1.807, 2.05) is 11.8 Å². The third-order valence-corrected chi connectivity index (χ3v) is 5.69. The highest BCUT2D eigenvalue weighted by atomic mass is 16.5. The molecule has 25 heavy (non-hydrogen) atoms. The first kappa shape index (κ1) is 17.1. The molecule has 0 aromatic carbocycles. The van der Waals surface area contributed by atoms with Crippen molar-refractivity contribution < 1.29 is 23.4 Å². The Bertz CT molecular complexity index is 601. The maximum Gasteiger partial charge on any atom is 0.257 e. The first-order chi connectivity index (χ1) is 12.2. The lowest BCUT2D eigenvalue weighted by Gasteiger charge is -2.53. The molecule has 6 heteroatoms. The molecule has 0 aliphatic carbocycles. The van der Waals surface area contributed by atoms with E-state index < -0.39 is 0 Å². The fraction of sp³-hybridized carbons (Fsp3) is 0.737. The Morgan fingerprint density at radius 1 is 1.28 bits per heavy atom. The lowest BCUT2D eigenvalue weighted by molar-refractivity contribution is -0.188. The van der Waals surface area contributed by atoms with Crippen LogP contribution in [-0.2, 0) is 14.2 Å². The maximum absolute atomic E-state index is 12.5. The Morgan fingerprint density at radius 2 is 2.08 bits per heavy atom. The van der Waals surface area contributed by atoms with Gasteiger partial charge in [-0.15, -0.1) is 0 Å². The number of likely N-dealkylation sites (tertiary alicyclic amines) is 1. The lowest BCUT2D eigenvalue weighted by Crippen LogP contribution is -2.67. The fourth-order valence-electron chi connectivity index (χ4n) is 4.10. The molecule has 3 saturated heterocycles. The SMILES string of the molecule is Cc1occc1C(=O)N1CC2(C[C@@H](OCC3CCOCC3)CCO2)C1. The molecule has 1 aromatic heterocycles. The molecule has 4 heterocycles. The molecule has 0 bridgehead atoms. The van der Waals surface area contributed by atoms with Gasteiger partial charge in [-0.3, -0.25) is 4.79 Å². The lowest BCUT2D eigenvalue weighted by atomic mass is 9.84. The second-order valence-corrected chi connectivity index (χ2v) is 7.59. The van der Waals surface area contributed by atoms with E-state index in [2.05, 4.69) is 0 Å². The summed E-state index contributed by atoms with van der Waals surface area (Å²) in [6, 6.07) is 1.74. The normalized spacial score (nSPS) is 26.6. The topological polar surface area (TPSA) is 61.1 Å². The quantitative estimate of drug-likeness (QED) is 0.835. The molecular weight excluding hydrogens is 322 g/mol. The molecule has 138 valence electrons. The van der Waals surface area contributed by atoms with Gasteiger partial charge in [0.05, 0.1) is 31.0 Å². The van der Waals surface area contributed by atoms with Gasteiger partial charge < -0.3 is 23.5 Å². The van der Waals surface area contributed by atoms with E-state index >= 15 is 0 Å². The Hall–Kier alpha value is -1.37. The van der Waals surface area contributed by atoms with Crippen molar-refractivity contribution in [3.8, 4) is 0 Å². The van der Waals surface area contributed by atoms with Crippen LogP contribution in [-0.4, -0.2) is 62.0 Å². The van der Waals surface area contributed by atoms with Gasteiger partial charge in [0.15, 0.2) is 0 Å². The van der Waals surface area contributed by atoms with E-state index in [1.54, 1.807) is 12.3 Å².